The van der Waals surface area contributed by atoms with E-state index in [-0.39, 0.29) is 57.4 Å². The first-order chi connectivity index (χ1) is 55.1. The van der Waals surface area contributed by atoms with Gasteiger partial charge in [-0.3, -0.25) is 28.8 Å². The van der Waals surface area contributed by atoms with Crippen LogP contribution < -0.4 is 0 Å². The number of piperidine rings is 5. The molecule has 6 fully saturated rings. The third-order valence-corrected chi connectivity index (χ3v) is 26.7. The molecule has 0 bridgehead atoms. The highest BCUT2D eigenvalue weighted by Gasteiger charge is 2.42. The summed E-state index contributed by atoms with van der Waals surface area (Å²) in [7, 11) is 0. The Morgan fingerprint density at radius 3 is 1.00 bits per heavy atom. The van der Waals surface area contributed by atoms with Crippen molar-refractivity contribution in [3.05, 3.63) is 214 Å². The number of Topliss-reactive ketones (excluding diaryl/α,β-unsaturated/α-hetero) is 6. The zero-order valence-electron chi connectivity index (χ0n) is 74.1. The number of hydrogen-bond acceptors (Lipinski definition) is 12. The Labute approximate surface area is 697 Å². The maximum absolute atomic E-state index is 13.7. The summed E-state index contributed by atoms with van der Waals surface area (Å²) in [6.45, 7) is 48.8. The number of ketones is 6. The Morgan fingerprint density at radius 2 is 0.647 bits per heavy atom. The van der Waals surface area contributed by atoms with Gasteiger partial charge in [0.15, 0.2) is 0 Å². The zero-order valence-corrected chi connectivity index (χ0v) is 74.1. The van der Waals surface area contributed by atoms with Crippen molar-refractivity contribution in [3.63, 3.8) is 0 Å². The molecule has 0 N–H and O–H groups in total. The lowest BCUT2D eigenvalue weighted by molar-refractivity contribution is -0.132. The van der Waals surface area contributed by atoms with Crippen LogP contribution in [0.5, 0.6) is 0 Å². The van der Waals surface area contributed by atoms with Crippen molar-refractivity contribution < 1.29 is 41.9 Å². The van der Waals surface area contributed by atoms with E-state index in [1.807, 2.05) is 123 Å². The monoisotopic (exact) mass is 1600 g/mol. The first kappa shape index (κ1) is 96.0. The molecule has 6 aliphatic rings. The lowest BCUT2D eigenvalue weighted by atomic mass is 9.71. The molecule has 6 saturated heterocycles. The van der Waals surface area contributed by atoms with E-state index in [2.05, 4.69) is 145 Å². The van der Waals surface area contributed by atoms with Crippen molar-refractivity contribution in [1.29, 1.82) is 0 Å². The van der Waals surface area contributed by atoms with E-state index < -0.39 is 17.0 Å². The standard InChI is InChI=1S/C18H26FNO.C18H27NO.C17H23F2NO.C17H25NO.C16H23NO.C15H21NO/c1-13(2)20-9-7-18(4,8-10-20)17(21)12-15-11-16(19)6-5-14(15)3;1-4-18(10-12-19(13-11-18)15(2)3)17(20)14-16-8-6-5-7-9-16;1-12(2)20-9-7-17(3,8-10-20)16(21)11-13-14(18)5-4-6-15(13)19;1-14(2)18-11-9-17(3,10-12-18)16(19)13-15-7-5-4-6-8-15;1-13(2)17-10-8-15(9-11-17)16(18)12-14-6-4-3-5-7-14;1-12(2)16-9-8-14(11-16)15(17)10-13-6-4-3-5-7-13/h5-6,11,13H,7-10,12H2,1-4H3;5-9,15H,4,10-14H2,1-3H3;4-6,12H,7-11H2,1-3H3;4-8,14H,9-13H2,1-3H3;3-7,13,15H,8-12H2,1-2H3;3-7,12,14H,8-11H2,1-2H3. The van der Waals surface area contributed by atoms with E-state index in [4.69, 9.17) is 0 Å². The summed E-state index contributed by atoms with van der Waals surface area (Å²) < 4.78 is 40.7. The summed E-state index contributed by atoms with van der Waals surface area (Å²) in [6.07, 6.45) is 14.0. The second-order valence-corrected chi connectivity index (χ2v) is 36.7. The molecule has 636 valence electrons. The van der Waals surface area contributed by atoms with Gasteiger partial charge in [-0.15, -0.1) is 0 Å². The van der Waals surface area contributed by atoms with Gasteiger partial charge in [-0.25, -0.2) is 13.2 Å². The quantitative estimate of drug-likeness (QED) is 0.0542. The summed E-state index contributed by atoms with van der Waals surface area (Å²) in [4.78, 5) is 89.5. The fourth-order valence-electron chi connectivity index (χ4n) is 17.1. The molecule has 0 radical (unpaired) electrons. The van der Waals surface area contributed by atoms with E-state index in [1.54, 1.807) is 6.07 Å². The SMILES string of the molecule is CC(C)N1CCC(C(=O)Cc2ccccc2)C1.CC(C)N1CCC(C(=O)Cc2ccccc2)CC1.CC(C)N1CCC(C)(C(=O)Cc2c(F)cccc2F)CC1.CC(C)N1CCC(C)(C(=O)Cc2ccccc2)CC1.CCC1(C(=O)Cc2ccccc2)CCN(C(C)C)CC1.Cc1ccc(F)cc1CC(=O)C1(C)CCN(C(C)C)CC1. The molecule has 1 atom stereocenters. The van der Waals surface area contributed by atoms with E-state index in [9.17, 15) is 41.9 Å². The minimum absolute atomic E-state index is 0.0603. The lowest BCUT2D eigenvalue weighted by Gasteiger charge is -2.42. The highest BCUT2D eigenvalue weighted by Crippen LogP contribution is 2.40. The number of benzene rings is 6. The third kappa shape index (κ3) is 29.4. The lowest BCUT2D eigenvalue weighted by Crippen LogP contribution is -2.46. The molecule has 12 nitrogen and oxygen atoms in total. The number of hydrogen-bond donors (Lipinski definition) is 0. The van der Waals surface area contributed by atoms with Crippen LogP contribution in [0.1, 0.15) is 227 Å². The molecule has 6 aliphatic heterocycles. The van der Waals surface area contributed by atoms with Gasteiger partial charge in [-0.2, -0.15) is 0 Å². The van der Waals surface area contributed by atoms with Crippen molar-refractivity contribution >= 4 is 34.7 Å². The molecule has 0 amide bonds. The molecule has 12 rings (SSSR count). The van der Waals surface area contributed by atoms with Crippen molar-refractivity contribution in [2.45, 2.75) is 270 Å². The highest BCUT2D eigenvalue weighted by atomic mass is 19.1. The second kappa shape index (κ2) is 46.5. The highest BCUT2D eigenvalue weighted by molar-refractivity contribution is 5.89. The maximum Gasteiger partial charge on any atom is 0.143 e. The minimum atomic E-state index is -0.633. The Morgan fingerprint density at radius 1 is 0.345 bits per heavy atom. The van der Waals surface area contributed by atoms with Gasteiger partial charge in [-0.05, 0) is 297 Å². The molecule has 0 saturated carbocycles. The van der Waals surface area contributed by atoms with Crippen molar-refractivity contribution in [2.24, 2.45) is 33.5 Å². The number of likely N-dealkylation sites (tertiary alicyclic amines) is 6. The smallest absolute Gasteiger partial charge is 0.143 e. The number of aryl methyl sites for hydroxylation is 1. The predicted octanol–water partition coefficient (Wildman–Crippen LogP) is 19.8. The molecular weight excluding hydrogens is 1450 g/mol. The van der Waals surface area contributed by atoms with Gasteiger partial charge in [-0.1, -0.05) is 161 Å². The molecule has 0 aromatic heterocycles. The van der Waals surface area contributed by atoms with E-state index in [1.165, 1.54) is 30.3 Å². The van der Waals surface area contributed by atoms with E-state index >= 15 is 0 Å². The largest absolute Gasteiger partial charge is 0.301 e. The van der Waals surface area contributed by atoms with Crippen LogP contribution in [0.3, 0.4) is 0 Å². The normalized spacial score (nSPS) is 19.3. The van der Waals surface area contributed by atoms with Gasteiger partial charge >= 0.3 is 0 Å². The van der Waals surface area contributed by atoms with Gasteiger partial charge in [0.05, 0.1) is 0 Å². The van der Waals surface area contributed by atoms with Gasteiger partial charge in [0.2, 0.25) is 0 Å². The minimum Gasteiger partial charge on any atom is -0.301 e. The number of carbonyl (C=O) groups is 6. The molecule has 6 aromatic carbocycles. The zero-order chi connectivity index (χ0) is 84.9. The Balaban J connectivity index is 0.000000193. The van der Waals surface area contributed by atoms with Crippen LogP contribution in [0, 0.1) is 57.9 Å². The van der Waals surface area contributed by atoms with Gasteiger partial charge in [0, 0.05) is 120 Å². The van der Waals surface area contributed by atoms with Crippen LogP contribution in [0.25, 0.3) is 0 Å². The van der Waals surface area contributed by atoms with Crippen LogP contribution in [0.15, 0.2) is 158 Å². The molecule has 15 heteroatoms. The van der Waals surface area contributed by atoms with Crippen molar-refractivity contribution in [1.82, 2.24) is 29.4 Å². The predicted molar refractivity (Wildman–Crippen MR) is 471 cm³/mol. The molecule has 116 heavy (non-hydrogen) atoms. The van der Waals surface area contributed by atoms with E-state index in [0.717, 1.165) is 189 Å². The summed E-state index contributed by atoms with van der Waals surface area (Å²) in [6, 6.07) is 52.2. The van der Waals surface area contributed by atoms with Crippen LogP contribution in [0.2, 0.25) is 0 Å². The fourth-order valence-corrected chi connectivity index (χ4v) is 17.1. The molecule has 1 unspecified atom stereocenters. The van der Waals surface area contributed by atoms with Crippen LogP contribution in [-0.2, 0) is 67.3 Å². The first-order valence-corrected chi connectivity index (χ1v) is 44.0. The van der Waals surface area contributed by atoms with Gasteiger partial charge in [0.1, 0.15) is 52.2 Å². The van der Waals surface area contributed by atoms with Crippen molar-refractivity contribution in [3.8, 4) is 0 Å². The summed E-state index contributed by atoms with van der Waals surface area (Å²) in [5.74, 6) is 0.856. The number of carbonyl (C=O) groups excluding carboxylic acids is 6. The number of nitrogens with zero attached hydrogens (tertiary/aromatic N) is 6. The first-order valence-electron chi connectivity index (χ1n) is 44.0. The summed E-state index contributed by atoms with van der Waals surface area (Å²) >= 11 is 0. The Hall–Kier alpha value is -7.11. The average Bonchev–Trinajstić information content (AvgIpc) is 1.07. The van der Waals surface area contributed by atoms with Crippen LogP contribution >= 0.6 is 0 Å². The Kier molecular flexibility index (Phi) is 38.5. The average molecular weight is 1600 g/mol. The third-order valence-electron chi connectivity index (χ3n) is 26.7. The van der Waals surface area contributed by atoms with E-state index in [0.29, 0.717) is 91.5 Å². The fraction of sp³-hybridized carbons (Fsp3) is 0.584. The number of rotatable bonds is 25. The van der Waals surface area contributed by atoms with Crippen molar-refractivity contribution in [2.75, 3.05) is 78.5 Å². The molecule has 0 aliphatic carbocycles. The van der Waals surface area contributed by atoms with Gasteiger partial charge < -0.3 is 29.4 Å². The Bertz CT molecular complexity index is 3940. The molecular formula is C101H145F3N6O6. The molecule has 6 aromatic rings. The van der Waals surface area contributed by atoms with Crippen LogP contribution in [0.4, 0.5) is 13.2 Å². The summed E-state index contributed by atoms with van der Waals surface area (Å²) in [5.41, 5.74) is 5.36. The summed E-state index contributed by atoms with van der Waals surface area (Å²) in [5, 5.41) is 0. The second-order valence-electron chi connectivity index (χ2n) is 36.7. The molecule has 6 heterocycles. The maximum atomic E-state index is 13.7. The number of halogens is 3. The van der Waals surface area contributed by atoms with Gasteiger partial charge in [0.25, 0.3) is 0 Å². The topological polar surface area (TPSA) is 122 Å². The molecule has 0 spiro atoms. The van der Waals surface area contributed by atoms with Crippen LogP contribution in [-0.4, -0.2) is 179 Å².